The number of nitrogens with one attached hydrogen (secondary N) is 1. The third kappa shape index (κ3) is 2.56. The Morgan fingerprint density at radius 3 is 3.00 bits per heavy atom. The molecule has 5 heteroatoms. The minimum absolute atomic E-state index is 0.682. The zero-order chi connectivity index (χ0) is 13.1. The first-order valence-corrected chi connectivity index (χ1v) is 6.38. The van der Waals surface area contributed by atoms with Crippen molar-refractivity contribution in [2.45, 2.75) is 13.1 Å². The molecular formula is C14H17N3O2. The van der Waals surface area contributed by atoms with Gasteiger partial charge in [0.05, 0.1) is 19.9 Å². The molecule has 1 N–H and O–H groups in total. The molecule has 0 bridgehead atoms. The molecule has 0 saturated carbocycles. The zero-order valence-electron chi connectivity index (χ0n) is 10.9. The molecule has 0 unspecified atom stereocenters. The van der Waals surface area contributed by atoms with E-state index in [9.17, 15) is 0 Å². The van der Waals surface area contributed by atoms with Crippen LogP contribution in [-0.2, 0) is 13.1 Å². The average Bonchev–Trinajstić information content (AvgIpc) is 2.68. The van der Waals surface area contributed by atoms with Crippen molar-refractivity contribution in [3.05, 3.63) is 41.6 Å². The fraction of sp³-hybridized carbons (Fsp3) is 0.357. The van der Waals surface area contributed by atoms with E-state index in [4.69, 9.17) is 9.47 Å². The Balaban J connectivity index is 1.80. The van der Waals surface area contributed by atoms with Crippen molar-refractivity contribution in [1.82, 2.24) is 15.1 Å². The van der Waals surface area contributed by atoms with Gasteiger partial charge in [-0.15, -0.1) is 0 Å². The van der Waals surface area contributed by atoms with Crippen LogP contribution in [0.5, 0.6) is 11.6 Å². The van der Waals surface area contributed by atoms with Gasteiger partial charge in [0.15, 0.2) is 0 Å². The van der Waals surface area contributed by atoms with Gasteiger partial charge in [0.1, 0.15) is 12.4 Å². The molecule has 2 heterocycles. The van der Waals surface area contributed by atoms with Crippen LogP contribution in [0.4, 0.5) is 0 Å². The zero-order valence-corrected chi connectivity index (χ0v) is 10.9. The van der Waals surface area contributed by atoms with Gasteiger partial charge in [0.25, 0.3) is 0 Å². The van der Waals surface area contributed by atoms with E-state index < -0.39 is 0 Å². The number of rotatable bonds is 3. The first-order valence-electron chi connectivity index (χ1n) is 6.38. The van der Waals surface area contributed by atoms with Crippen LogP contribution in [0.15, 0.2) is 30.5 Å². The van der Waals surface area contributed by atoms with Crippen molar-refractivity contribution in [3.8, 4) is 11.6 Å². The Hall–Kier alpha value is -2.01. The Bertz CT molecular complexity index is 548. The highest BCUT2D eigenvalue weighted by atomic mass is 16.5. The molecule has 1 aliphatic rings. The van der Waals surface area contributed by atoms with Crippen LogP contribution >= 0.6 is 0 Å². The van der Waals surface area contributed by atoms with Crippen LogP contribution in [0.1, 0.15) is 11.1 Å². The van der Waals surface area contributed by atoms with Gasteiger partial charge in [-0.2, -0.15) is 5.10 Å². The van der Waals surface area contributed by atoms with E-state index in [1.165, 1.54) is 5.56 Å². The Morgan fingerprint density at radius 2 is 2.21 bits per heavy atom. The predicted octanol–water partition coefficient (Wildman–Crippen LogP) is 1.42. The largest absolute Gasteiger partial charge is 0.497 e. The number of hydrogen-bond acceptors (Lipinski definition) is 4. The second kappa shape index (κ2) is 5.32. The van der Waals surface area contributed by atoms with E-state index in [1.54, 1.807) is 7.11 Å². The van der Waals surface area contributed by atoms with Crippen molar-refractivity contribution in [1.29, 1.82) is 0 Å². The molecule has 0 aliphatic carbocycles. The molecule has 1 aromatic carbocycles. The minimum atomic E-state index is 0.682. The van der Waals surface area contributed by atoms with E-state index >= 15 is 0 Å². The fourth-order valence-electron chi connectivity index (χ4n) is 2.16. The minimum Gasteiger partial charge on any atom is -0.497 e. The van der Waals surface area contributed by atoms with Gasteiger partial charge in [-0.3, -0.25) is 0 Å². The second-order valence-electron chi connectivity index (χ2n) is 4.51. The standard InChI is InChI=1S/C14H17N3O2/c1-18-13-4-2-11(3-5-13)10-17-14-12(9-16-17)8-15-6-7-19-14/h2-5,9,15H,6-8,10H2,1H3. The molecule has 0 fully saturated rings. The lowest BCUT2D eigenvalue weighted by atomic mass is 10.2. The second-order valence-corrected chi connectivity index (χ2v) is 4.51. The molecule has 0 saturated heterocycles. The van der Waals surface area contributed by atoms with E-state index in [-0.39, 0.29) is 0 Å². The van der Waals surface area contributed by atoms with Gasteiger partial charge >= 0.3 is 0 Å². The van der Waals surface area contributed by atoms with Crippen molar-refractivity contribution in [2.75, 3.05) is 20.3 Å². The first-order chi connectivity index (χ1) is 9.36. The van der Waals surface area contributed by atoms with Crippen LogP contribution in [0.25, 0.3) is 0 Å². The molecule has 0 amide bonds. The number of benzene rings is 1. The van der Waals surface area contributed by atoms with Crippen LogP contribution in [0, 0.1) is 0 Å². The molecule has 5 nitrogen and oxygen atoms in total. The number of fused-ring (bicyclic) bond motifs is 1. The van der Waals surface area contributed by atoms with Crippen molar-refractivity contribution in [3.63, 3.8) is 0 Å². The lowest BCUT2D eigenvalue weighted by Gasteiger charge is -2.09. The summed E-state index contributed by atoms with van der Waals surface area (Å²) in [6, 6.07) is 8.00. The van der Waals surface area contributed by atoms with E-state index in [0.29, 0.717) is 13.2 Å². The van der Waals surface area contributed by atoms with Gasteiger partial charge in [0, 0.05) is 18.7 Å². The quantitative estimate of drug-likeness (QED) is 0.905. The number of ether oxygens (including phenoxy) is 2. The van der Waals surface area contributed by atoms with E-state index in [0.717, 1.165) is 30.3 Å². The molecule has 1 aliphatic heterocycles. The summed E-state index contributed by atoms with van der Waals surface area (Å²) in [7, 11) is 1.67. The monoisotopic (exact) mass is 259 g/mol. The van der Waals surface area contributed by atoms with Gasteiger partial charge < -0.3 is 14.8 Å². The highest BCUT2D eigenvalue weighted by Crippen LogP contribution is 2.21. The summed E-state index contributed by atoms with van der Waals surface area (Å²) in [6.07, 6.45) is 1.87. The Labute approximate surface area is 112 Å². The predicted molar refractivity (Wildman–Crippen MR) is 71.5 cm³/mol. The van der Waals surface area contributed by atoms with Crippen molar-refractivity contribution >= 4 is 0 Å². The average molecular weight is 259 g/mol. The maximum absolute atomic E-state index is 5.75. The Morgan fingerprint density at radius 1 is 1.37 bits per heavy atom. The van der Waals surface area contributed by atoms with Crippen LogP contribution < -0.4 is 14.8 Å². The highest BCUT2D eigenvalue weighted by molar-refractivity contribution is 5.29. The number of methoxy groups -OCH3 is 1. The smallest absolute Gasteiger partial charge is 0.216 e. The fourth-order valence-corrected chi connectivity index (χ4v) is 2.16. The van der Waals surface area contributed by atoms with Crippen LogP contribution in [-0.4, -0.2) is 30.0 Å². The highest BCUT2D eigenvalue weighted by Gasteiger charge is 2.14. The lowest BCUT2D eigenvalue weighted by Crippen LogP contribution is -2.16. The lowest BCUT2D eigenvalue weighted by molar-refractivity contribution is 0.294. The van der Waals surface area contributed by atoms with Crippen molar-refractivity contribution < 1.29 is 9.47 Å². The molecule has 3 rings (SSSR count). The van der Waals surface area contributed by atoms with E-state index in [1.807, 2.05) is 35.1 Å². The summed E-state index contributed by atoms with van der Waals surface area (Å²) < 4.78 is 12.8. The van der Waals surface area contributed by atoms with Crippen LogP contribution in [0.2, 0.25) is 0 Å². The van der Waals surface area contributed by atoms with Crippen LogP contribution in [0.3, 0.4) is 0 Å². The van der Waals surface area contributed by atoms with Gasteiger partial charge in [-0.05, 0) is 17.7 Å². The topological polar surface area (TPSA) is 48.3 Å². The normalized spacial score (nSPS) is 14.4. The summed E-state index contributed by atoms with van der Waals surface area (Å²) in [5.74, 6) is 1.74. The summed E-state index contributed by atoms with van der Waals surface area (Å²) in [6.45, 7) is 3.08. The third-order valence-electron chi connectivity index (χ3n) is 3.19. The first kappa shape index (κ1) is 12.0. The summed E-state index contributed by atoms with van der Waals surface area (Å²) in [4.78, 5) is 0. The SMILES string of the molecule is COc1ccc(Cn2ncc3c2OCCNC3)cc1. The Kier molecular flexibility index (Phi) is 3.37. The molecule has 1 aromatic heterocycles. The number of aromatic nitrogens is 2. The summed E-state index contributed by atoms with van der Waals surface area (Å²) in [5.41, 5.74) is 2.29. The van der Waals surface area contributed by atoms with Gasteiger partial charge in [-0.25, -0.2) is 4.68 Å². The molecule has 100 valence electrons. The molecule has 0 spiro atoms. The summed E-state index contributed by atoms with van der Waals surface area (Å²) in [5, 5.41) is 7.70. The van der Waals surface area contributed by atoms with Gasteiger partial charge in [0.2, 0.25) is 5.88 Å². The molecule has 0 atom stereocenters. The summed E-state index contributed by atoms with van der Waals surface area (Å²) >= 11 is 0. The maximum atomic E-state index is 5.75. The molecule has 2 aromatic rings. The molecule has 0 radical (unpaired) electrons. The van der Waals surface area contributed by atoms with Gasteiger partial charge in [-0.1, -0.05) is 12.1 Å². The third-order valence-corrected chi connectivity index (χ3v) is 3.19. The molecular weight excluding hydrogens is 242 g/mol. The number of nitrogens with zero attached hydrogens (tertiary/aromatic N) is 2. The van der Waals surface area contributed by atoms with Crippen molar-refractivity contribution in [2.24, 2.45) is 0 Å². The number of hydrogen-bond donors (Lipinski definition) is 1. The van der Waals surface area contributed by atoms with E-state index in [2.05, 4.69) is 10.4 Å². The maximum Gasteiger partial charge on any atom is 0.216 e. The molecule has 19 heavy (non-hydrogen) atoms.